The fourth-order valence-electron chi connectivity index (χ4n) is 2.01. The second kappa shape index (κ2) is 6.15. The lowest BCUT2D eigenvalue weighted by Crippen LogP contribution is -2.23. The molecule has 2 rings (SSSR count). The molecule has 0 fully saturated rings. The van der Waals surface area contributed by atoms with Crippen LogP contribution in [0.4, 0.5) is 0 Å². The molecule has 1 heterocycles. The van der Waals surface area contributed by atoms with Gasteiger partial charge in [-0.3, -0.25) is 14.3 Å². The van der Waals surface area contributed by atoms with Gasteiger partial charge in [-0.05, 0) is 12.0 Å². The van der Waals surface area contributed by atoms with Gasteiger partial charge in [0.25, 0.3) is 5.91 Å². The summed E-state index contributed by atoms with van der Waals surface area (Å²) in [5.74, 6) is -0.265. The van der Waals surface area contributed by atoms with Crippen LogP contribution in [0, 0.1) is 0 Å². The number of aromatic nitrogens is 2. The number of nitrogens with zero attached hydrogens (tertiary/aromatic N) is 2. The fraction of sp³-hybridized carbons (Fsp3) is 0.286. The number of benzene rings is 1. The number of rotatable bonds is 5. The van der Waals surface area contributed by atoms with E-state index in [-0.39, 0.29) is 5.91 Å². The highest BCUT2D eigenvalue weighted by atomic mass is 16.6. The molecule has 1 amide bonds. The molecule has 0 atom stereocenters. The van der Waals surface area contributed by atoms with E-state index in [9.17, 15) is 4.79 Å². The zero-order valence-electron chi connectivity index (χ0n) is 11.1. The molecule has 2 aromatic rings. The SMILES string of the molecule is CCc1c(C(=O)NOC)cnn1Cc1ccccc1. The number of nitrogens with one attached hydrogen (secondary N) is 1. The summed E-state index contributed by atoms with van der Waals surface area (Å²) < 4.78 is 1.85. The van der Waals surface area contributed by atoms with E-state index in [2.05, 4.69) is 15.4 Å². The summed E-state index contributed by atoms with van der Waals surface area (Å²) in [7, 11) is 1.41. The van der Waals surface area contributed by atoms with Crippen LogP contribution in [0.5, 0.6) is 0 Å². The molecular formula is C14H17N3O2. The quantitative estimate of drug-likeness (QED) is 0.833. The van der Waals surface area contributed by atoms with Crippen LogP contribution in [0.15, 0.2) is 36.5 Å². The van der Waals surface area contributed by atoms with E-state index < -0.39 is 0 Å². The van der Waals surface area contributed by atoms with Crippen molar-refractivity contribution in [1.29, 1.82) is 0 Å². The normalized spacial score (nSPS) is 10.4. The Balaban J connectivity index is 2.25. The number of carbonyl (C=O) groups excluding carboxylic acids is 1. The first kappa shape index (κ1) is 13.3. The lowest BCUT2D eigenvalue weighted by Gasteiger charge is -2.08. The van der Waals surface area contributed by atoms with Crippen LogP contribution in [-0.4, -0.2) is 22.8 Å². The first-order valence-corrected chi connectivity index (χ1v) is 6.18. The van der Waals surface area contributed by atoms with Crippen molar-refractivity contribution < 1.29 is 9.63 Å². The van der Waals surface area contributed by atoms with E-state index in [0.29, 0.717) is 12.1 Å². The minimum absolute atomic E-state index is 0.265. The monoisotopic (exact) mass is 259 g/mol. The summed E-state index contributed by atoms with van der Waals surface area (Å²) >= 11 is 0. The zero-order chi connectivity index (χ0) is 13.7. The predicted molar refractivity (Wildman–Crippen MR) is 71.6 cm³/mol. The highest BCUT2D eigenvalue weighted by Gasteiger charge is 2.15. The van der Waals surface area contributed by atoms with Gasteiger partial charge in [0, 0.05) is 0 Å². The van der Waals surface area contributed by atoms with Gasteiger partial charge < -0.3 is 0 Å². The zero-order valence-corrected chi connectivity index (χ0v) is 11.1. The summed E-state index contributed by atoms with van der Waals surface area (Å²) in [5, 5.41) is 4.29. The Morgan fingerprint density at radius 1 is 1.37 bits per heavy atom. The molecule has 1 aromatic heterocycles. The Labute approximate surface area is 112 Å². The number of hydrogen-bond acceptors (Lipinski definition) is 3. The first-order chi connectivity index (χ1) is 9.26. The highest BCUT2D eigenvalue weighted by molar-refractivity contribution is 5.94. The number of hydrogen-bond donors (Lipinski definition) is 1. The fourth-order valence-corrected chi connectivity index (χ4v) is 2.01. The molecule has 0 aliphatic carbocycles. The summed E-state index contributed by atoms with van der Waals surface area (Å²) in [6, 6.07) is 10.0. The molecule has 0 aliphatic rings. The van der Waals surface area contributed by atoms with Crippen LogP contribution < -0.4 is 5.48 Å². The van der Waals surface area contributed by atoms with Crippen LogP contribution in [0.2, 0.25) is 0 Å². The summed E-state index contributed by atoms with van der Waals surface area (Å²) in [6.07, 6.45) is 2.31. The van der Waals surface area contributed by atoms with Gasteiger partial charge in [0.1, 0.15) is 0 Å². The Morgan fingerprint density at radius 2 is 2.11 bits per heavy atom. The molecular weight excluding hydrogens is 242 g/mol. The third-order valence-electron chi connectivity index (χ3n) is 2.90. The molecule has 19 heavy (non-hydrogen) atoms. The van der Waals surface area contributed by atoms with Gasteiger partial charge in [-0.25, -0.2) is 5.48 Å². The topological polar surface area (TPSA) is 56.1 Å². The number of hydroxylamine groups is 1. The van der Waals surface area contributed by atoms with Gasteiger partial charge in [0.2, 0.25) is 0 Å². The molecule has 0 bridgehead atoms. The van der Waals surface area contributed by atoms with Crippen LogP contribution in [0.25, 0.3) is 0 Å². The molecule has 5 heteroatoms. The number of amides is 1. The Morgan fingerprint density at radius 3 is 2.74 bits per heavy atom. The van der Waals surface area contributed by atoms with Crippen LogP contribution in [0.3, 0.4) is 0 Å². The molecule has 1 aromatic carbocycles. The molecule has 1 N–H and O–H groups in total. The molecule has 0 saturated carbocycles. The maximum Gasteiger partial charge on any atom is 0.278 e. The van der Waals surface area contributed by atoms with Crippen molar-refractivity contribution in [3.8, 4) is 0 Å². The minimum Gasteiger partial charge on any atom is -0.277 e. The smallest absolute Gasteiger partial charge is 0.277 e. The summed E-state index contributed by atoms with van der Waals surface area (Å²) in [6.45, 7) is 2.66. The Hall–Kier alpha value is -2.14. The van der Waals surface area contributed by atoms with E-state index in [1.807, 2.05) is 41.9 Å². The van der Waals surface area contributed by atoms with Gasteiger partial charge in [0.05, 0.1) is 31.1 Å². The van der Waals surface area contributed by atoms with E-state index in [0.717, 1.165) is 17.7 Å². The average Bonchev–Trinajstić information content (AvgIpc) is 2.83. The van der Waals surface area contributed by atoms with Crippen LogP contribution in [-0.2, 0) is 17.8 Å². The third kappa shape index (κ3) is 3.00. The third-order valence-corrected chi connectivity index (χ3v) is 2.90. The highest BCUT2D eigenvalue weighted by Crippen LogP contribution is 2.12. The van der Waals surface area contributed by atoms with Gasteiger partial charge >= 0.3 is 0 Å². The van der Waals surface area contributed by atoms with Crippen molar-refractivity contribution in [1.82, 2.24) is 15.3 Å². The summed E-state index contributed by atoms with van der Waals surface area (Å²) in [5.41, 5.74) is 4.93. The Kier molecular flexibility index (Phi) is 4.30. The number of carbonyl (C=O) groups is 1. The lowest BCUT2D eigenvalue weighted by molar-refractivity contribution is 0.0536. The first-order valence-electron chi connectivity index (χ1n) is 6.18. The molecule has 0 aliphatic heterocycles. The van der Waals surface area contributed by atoms with Crippen LogP contribution >= 0.6 is 0 Å². The lowest BCUT2D eigenvalue weighted by atomic mass is 10.2. The second-order valence-corrected chi connectivity index (χ2v) is 4.14. The molecule has 100 valence electrons. The van der Waals surface area contributed by atoms with E-state index in [1.54, 1.807) is 6.20 Å². The standard InChI is InChI=1S/C14H17N3O2/c1-3-13-12(14(18)16-19-2)9-15-17(13)10-11-7-5-4-6-8-11/h4-9H,3,10H2,1-2H3,(H,16,18). The van der Waals surface area contributed by atoms with Crippen molar-refractivity contribution in [2.45, 2.75) is 19.9 Å². The average molecular weight is 259 g/mol. The molecule has 0 unspecified atom stereocenters. The van der Waals surface area contributed by atoms with Gasteiger partial charge in [-0.15, -0.1) is 0 Å². The molecule has 5 nitrogen and oxygen atoms in total. The van der Waals surface area contributed by atoms with Crippen molar-refractivity contribution in [2.24, 2.45) is 0 Å². The van der Waals surface area contributed by atoms with Crippen LogP contribution in [0.1, 0.15) is 28.5 Å². The molecule has 0 radical (unpaired) electrons. The van der Waals surface area contributed by atoms with Crippen molar-refractivity contribution in [3.63, 3.8) is 0 Å². The molecule has 0 spiro atoms. The van der Waals surface area contributed by atoms with E-state index in [1.165, 1.54) is 7.11 Å². The minimum atomic E-state index is -0.265. The van der Waals surface area contributed by atoms with Gasteiger partial charge in [-0.2, -0.15) is 5.10 Å². The van der Waals surface area contributed by atoms with Crippen molar-refractivity contribution in [3.05, 3.63) is 53.3 Å². The molecule has 0 saturated heterocycles. The maximum atomic E-state index is 11.8. The van der Waals surface area contributed by atoms with Crippen molar-refractivity contribution >= 4 is 5.91 Å². The van der Waals surface area contributed by atoms with Gasteiger partial charge in [-0.1, -0.05) is 37.3 Å². The predicted octanol–water partition coefficient (Wildman–Crippen LogP) is 1.78. The maximum absolute atomic E-state index is 11.8. The Bertz CT molecular complexity index is 549. The second-order valence-electron chi connectivity index (χ2n) is 4.14. The van der Waals surface area contributed by atoms with Gasteiger partial charge in [0.15, 0.2) is 0 Å². The van der Waals surface area contributed by atoms with Crippen molar-refractivity contribution in [2.75, 3.05) is 7.11 Å². The largest absolute Gasteiger partial charge is 0.278 e. The van der Waals surface area contributed by atoms with E-state index in [4.69, 9.17) is 0 Å². The summed E-state index contributed by atoms with van der Waals surface area (Å²) in [4.78, 5) is 16.4. The van der Waals surface area contributed by atoms with E-state index >= 15 is 0 Å².